The van der Waals surface area contributed by atoms with E-state index in [4.69, 9.17) is 5.73 Å². The van der Waals surface area contributed by atoms with Gasteiger partial charge in [0, 0.05) is 4.88 Å². The minimum atomic E-state index is -0.234. The summed E-state index contributed by atoms with van der Waals surface area (Å²) < 4.78 is 13.1. The van der Waals surface area contributed by atoms with E-state index in [0.29, 0.717) is 0 Å². The Morgan fingerprint density at radius 2 is 2.13 bits per heavy atom. The summed E-state index contributed by atoms with van der Waals surface area (Å²) in [7, 11) is 0. The van der Waals surface area contributed by atoms with E-state index in [1.807, 2.05) is 24.4 Å². The van der Waals surface area contributed by atoms with Gasteiger partial charge in [0.05, 0.1) is 6.04 Å². The number of hydrogen-bond donors (Lipinski definition) is 1. The molecule has 2 rings (SSSR count). The van der Waals surface area contributed by atoms with Crippen molar-refractivity contribution in [2.45, 2.75) is 13.0 Å². The van der Waals surface area contributed by atoms with E-state index < -0.39 is 0 Å². The van der Waals surface area contributed by atoms with Crippen molar-refractivity contribution < 1.29 is 4.39 Å². The average Bonchev–Trinajstić information content (AvgIpc) is 2.74. The quantitative estimate of drug-likeness (QED) is 0.827. The maximum atomic E-state index is 13.1. The van der Waals surface area contributed by atoms with Crippen molar-refractivity contribution in [3.05, 3.63) is 57.5 Å². The van der Waals surface area contributed by atoms with Crippen LogP contribution in [0.2, 0.25) is 0 Å². The van der Waals surface area contributed by atoms with Gasteiger partial charge in [-0.05, 0) is 41.6 Å². The first-order valence-electron chi connectivity index (χ1n) is 4.73. The summed E-state index contributed by atoms with van der Waals surface area (Å²) >= 11 is 1.59. The van der Waals surface area contributed by atoms with Crippen molar-refractivity contribution in [1.29, 1.82) is 0 Å². The molecule has 0 spiro atoms. The smallest absolute Gasteiger partial charge is 0.123 e. The lowest BCUT2D eigenvalue weighted by atomic mass is 10.0. The number of rotatable bonds is 2. The SMILES string of the molecule is Cc1ccc(F)cc1[C@@H](N)c1cccs1. The van der Waals surface area contributed by atoms with Crippen LogP contribution in [0.15, 0.2) is 35.7 Å². The van der Waals surface area contributed by atoms with Crippen LogP contribution in [0.3, 0.4) is 0 Å². The van der Waals surface area contributed by atoms with Crippen molar-refractivity contribution in [3.63, 3.8) is 0 Å². The zero-order valence-electron chi connectivity index (χ0n) is 8.41. The molecule has 2 aromatic rings. The van der Waals surface area contributed by atoms with Gasteiger partial charge in [0.2, 0.25) is 0 Å². The van der Waals surface area contributed by atoms with Gasteiger partial charge in [-0.3, -0.25) is 0 Å². The molecule has 0 saturated carbocycles. The van der Waals surface area contributed by atoms with Crippen LogP contribution in [-0.2, 0) is 0 Å². The molecule has 0 radical (unpaired) electrons. The van der Waals surface area contributed by atoms with Gasteiger partial charge in [-0.15, -0.1) is 11.3 Å². The lowest BCUT2D eigenvalue weighted by molar-refractivity contribution is 0.623. The third kappa shape index (κ3) is 2.08. The molecule has 1 nitrogen and oxygen atoms in total. The molecular weight excluding hydrogens is 209 g/mol. The third-order valence-corrected chi connectivity index (χ3v) is 3.38. The number of aryl methyl sites for hydroxylation is 1. The third-order valence-electron chi connectivity index (χ3n) is 2.43. The van der Waals surface area contributed by atoms with Crippen LogP contribution in [0.4, 0.5) is 4.39 Å². The average molecular weight is 221 g/mol. The van der Waals surface area contributed by atoms with Crippen molar-refractivity contribution in [2.75, 3.05) is 0 Å². The topological polar surface area (TPSA) is 26.0 Å². The standard InChI is InChI=1S/C12H12FNS/c1-8-4-5-9(13)7-10(8)12(14)11-3-2-6-15-11/h2-7,12H,14H2,1H3/t12-/m1/s1. The highest BCUT2D eigenvalue weighted by atomic mass is 32.1. The van der Waals surface area contributed by atoms with E-state index >= 15 is 0 Å². The molecule has 15 heavy (non-hydrogen) atoms. The Kier molecular flexibility index (Phi) is 2.84. The number of hydrogen-bond acceptors (Lipinski definition) is 2. The minimum absolute atomic E-state index is 0.222. The summed E-state index contributed by atoms with van der Waals surface area (Å²) in [5.74, 6) is -0.234. The number of halogens is 1. The van der Waals surface area contributed by atoms with Crippen LogP contribution in [0.5, 0.6) is 0 Å². The van der Waals surface area contributed by atoms with Gasteiger partial charge in [-0.25, -0.2) is 4.39 Å². The Labute approximate surface area is 92.4 Å². The van der Waals surface area contributed by atoms with Gasteiger partial charge in [-0.1, -0.05) is 12.1 Å². The summed E-state index contributed by atoms with van der Waals surface area (Å²) in [6.07, 6.45) is 0. The molecule has 1 aromatic heterocycles. The van der Waals surface area contributed by atoms with E-state index in [0.717, 1.165) is 16.0 Å². The Morgan fingerprint density at radius 3 is 2.80 bits per heavy atom. The summed E-state index contributed by atoms with van der Waals surface area (Å²) in [6.45, 7) is 1.95. The van der Waals surface area contributed by atoms with E-state index in [-0.39, 0.29) is 11.9 Å². The molecule has 1 atom stereocenters. The van der Waals surface area contributed by atoms with Crippen molar-refractivity contribution in [1.82, 2.24) is 0 Å². The van der Waals surface area contributed by atoms with E-state index in [2.05, 4.69) is 0 Å². The van der Waals surface area contributed by atoms with Crippen LogP contribution in [-0.4, -0.2) is 0 Å². The highest BCUT2D eigenvalue weighted by Gasteiger charge is 2.12. The minimum Gasteiger partial charge on any atom is -0.320 e. The predicted molar refractivity (Wildman–Crippen MR) is 61.5 cm³/mol. The molecular formula is C12H12FNS. The second-order valence-corrected chi connectivity index (χ2v) is 4.47. The monoisotopic (exact) mass is 221 g/mol. The second kappa shape index (κ2) is 4.13. The van der Waals surface area contributed by atoms with Crippen LogP contribution in [0.25, 0.3) is 0 Å². The first kappa shape index (κ1) is 10.3. The molecule has 0 amide bonds. The number of thiophene rings is 1. The van der Waals surface area contributed by atoms with Gasteiger partial charge in [-0.2, -0.15) is 0 Å². The van der Waals surface area contributed by atoms with Crippen molar-refractivity contribution in [3.8, 4) is 0 Å². The van der Waals surface area contributed by atoms with Gasteiger partial charge < -0.3 is 5.73 Å². The zero-order valence-corrected chi connectivity index (χ0v) is 9.22. The first-order valence-corrected chi connectivity index (χ1v) is 5.61. The highest BCUT2D eigenvalue weighted by Crippen LogP contribution is 2.26. The summed E-state index contributed by atoms with van der Waals surface area (Å²) in [5, 5.41) is 1.98. The van der Waals surface area contributed by atoms with Gasteiger partial charge in [0.15, 0.2) is 0 Å². The number of benzene rings is 1. The lowest BCUT2D eigenvalue weighted by Gasteiger charge is -2.13. The van der Waals surface area contributed by atoms with Crippen LogP contribution >= 0.6 is 11.3 Å². The Bertz CT molecular complexity index is 451. The highest BCUT2D eigenvalue weighted by molar-refractivity contribution is 7.10. The van der Waals surface area contributed by atoms with Crippen molar-refractivity contribution in [2.24, 2.45) is 5.73 Å². The summed E-state index contributed by atoms with van der Waals surface area (Å²) in [6, 6.07) is 8.44. The Balaban J connectivity index is 2.41. The summed E-state index contributed by atoms with van der Waals surface area (Å²) in [4.78, 5) is 1.06. The second-order valence-electron chi connectivity index (χ2n) is 3.49. The molecule has 0 unspecified atom stereocenters. The Morgan fingerprint density at radius 1 is 1.33 bits per heavy atom. The predicted octanol–water partition coefficient (Wildman–Crippen LogP) is 3.24. The van der Waals surface area contributed by atoms with E-state index in [1.165, 1.54) is 12.1 Å². The molecule has 78 valence electrons. The fourth-order valence-corrected chi connectivity index (χ4v) is 2.31. The van der Waals surface area contributed by atoms with E-state index in [9.17, 15) is 4.39 Å². The molecule has 0 aliphatic carbocycles. The molecule has 0 aliphatic heterocycles. The molecule has 0 saturated heterocycles. The largest absolute Gasteiger partial charge is 0.320 e. The van der Waals surface area contributed by atoms with Crippen LogP contribution in [0, 0.1) is 12.7 Å². The molecule has 2 N–H and O–H groups in total. The Hall–Kier alpha value is -1.19. The van der Waals surface area contributed by atoms with Gasteiger partial charge in [0.25, 0.3) is 0 Å². The molecule has 1 aromatic carbocycles. The fraction of sp³-hybridized carbons (Fsp3) is 0.167. The van der Waals surface area contributed by atoms with Crippen molar-refractivity contribution >= 4 is 11.3 Å². The molecule has 0 fully saturated rings. The normalized spacial score (nSPS) is 12.7. The fourth-order valence-electron chi connectivity index (χ4n) is 1.57. The van der Waals surface area contributed by atoms with Crippen LogP contribution < -0.4 is 5.73 Å². The zero-order chi connectivity index (χ0) is 10.8. The molecule has 0 bridgehead atoms. The molecule has 0 aliphatic rings. The molecule has 3 heteroatoms. The van der Waals surface area contributed by atoms with Gasteiger partial charge in [0.1, 0.15) is 5.82 Å². The number of nitrogens with two attached hydrogens (primary N) is 1. The maximum absolute atomic E-state index is 13.1. The maximum Gasteiger partial charge on any atom is 0.123 e. The van der Waals surface area contributed by atoms with E-state index in [1.54, 1.807) is 17.4 Å². The van der Waals surface area contributed by atoms with Crippen LogP contribution in [0.1, 0.15) is 22.0 Å². The van der Waals surface area contributed by atoms with Gasteiger partial charge >= 0.3 is 0 Å². The molecule has 1 heterocycles. The first-order chi connectivity index (χ1) is 7.18. The summed E-state index contributed by atoms with van der Waals surface area (Å²) in [5.41, 5.74) is 7.96. The lowest BCUT2D eigenvalue weighted by Crippen LogP contribution is -2.12.